The number of rotatable bonds is 4. The molecule has 0 aliphatic carbocycles. The highest BCUT2D eigenvalue weighted by Gasteiger charge is 2.32. The first kappa shape index (κ1) is 16.4. The molecule has 1 aliphatic heterocycles. The van der Waals surface area contributed by atoms with Gasteiger partial charge >= 0.3 is 0 Å². The van der Waals surface area contributed by atoms with E-state index in [4.69, 9.17) is 8.83 Å². The van der Waals surface area contributed by atoms with E-state index in [0.29, 0.717) is 6.54 Å². The molecule has 6 heteroatoms. The van der Waals surface area contributed by atoms with Gasteiger partial charge in [-0.3, -0.25) is 9.59 Å². The molecule has 1 saturated heterocycles. The summed E-state index contributed by atoms with van der Waals surface area (Å²) < 4.78 is 10.6. The predicted molar refractivity (Wildman–Crippen MR) is 87.3 cm³/mol. The number of carbonyl (C=O) groups excluding carboxylic acids is 2. The Bertz CT molecular complexity index is 663. The van der Waals surface area contributed by atoms with Crippen molar-refractivity contribution in [2.75, 3.05) is 6.54 Å². The van der Waals surface area contributed by atoms with Crippen LogP contribution in [0.25, 0.3) is 0 Å². The summed E-state index contributed by atoms with van der Waals surface area (Å²) >= 11 is 0. The van der Waals surface area contributed by atoms with Crippen molar-refractivity contribution in [1.82, 2.24) is 10.2 Å². The van der Waals surface area contributed by atoms with E-state index in [1.54, 1.807) is 25.3 Å². The fourth-order valence-electron chi connectivity index (χ4n) is 3.13. The SMILES string of the molecule is CC(NC(=O)c1ccco1)C(=O)N1CCCCCC1c1ccco1. The normalized spacial score (nSPS) is 19.5. The molecule has 1 aliphatic rings. The molecule has 128 valence electrons. The second-order valence-corrected chi connectivity index (χ2v) is 6.08. The highest BCUT2D eigenvalue weighted by Crippen LogP contribution is 2.30. The minimum Gasteiger partial charge on any atom is -0.467 e. The van der Waals surface area contributed by atoms with Crippen LogP contribution in [0, 0.1) is 0 Å². The van der Waals surface area contributed by atoms with Crippen molar-refractivity contribution in [1.29, 1.82) is 0 Å². The van der Waals surface area contributed by atoms with Crippen molar-refractivity contribution in [2.24, 2.45) is 0 Å². The molecule has 6 nitrogen and oxygen atoms in total. The van der Waals surface area contributed by atoms with Gasteiger partial charge in [-0.15, -0.1) is 0 Å². The molecule has 2 unspecified atom stereocenters. The van der Waals surface area contributed by atoms with Crippen LogP contribution >= 0.6 is 0 Å². The van der Waals surface area contributed by atoms with Gasteiger partial charge in [0.25, 0.3) is 5.91 Å². The average Bonchev–Trinajstić information content (AvgIpc) is 3.24. The molecule has 2 aromatic rings. The predicted octanol–water partition coefficient (Wildman–Crippen LogP) is 3.13. The maximum atomic E-state index is 12.9. The number of likely N-dealkylation sites (tertiary alicyclic amines) is 1. The van der Waals surface area contributed by atoms with E-state index in [2.05, 4.69) is 5.32 Å². The summed E-state index contributed by atoms with van der Waals surface area (Å²) in [6, 6.07) is 6.26. The van der Waals surface area contributed by atoms with Gasteiger partial charge in [0.1, 0.15) is 11.8 Å². The number of furan rings is 2. The maximum Gasteiger partial charge on any atom is 0.287 e. The lowest BCUT2D eigenvalue weighted by molar-refractivity contribution is -0.135. The van der Waals surface area contributed by atoms with Crippen molar-refractivity contribution < 1.29 is 18.4 Å². The highest BCUT2D eigenvalue weighted by atomic mass is 16.3. The molecule has 2 amide bonds. The first-order valence-corrected chi connectivity index (χ1v) is 8.35. The number of amides is 2. The van der Waals surface area contributed by atoms with Gasteiger partial charge in [0.05, 0.1) is 18.6 Å². The summed E-state index contributed by atoms with van der Waals surface area (Å²) in [7, 11) is 0. The fourth-order valence-corrected chi connectivity index (χ4v) is 3.13. The number of nitrogens with zero attached hydrogens (tertiary/aromatic N) is 1. The van der Waals surface area contributed by atoms with E-state index >= 15 is 0 Å². The summed E-state index contributed by atoms with van der Waals surface area (Å²) in [6.07, 6.45) is 7.05. The second kappa shape index (κ2) is 7.38. The lowest BCUT2D eigenvalue weighted by Crippen LogP contribution is -2.48. The number of nitrogens with one attached hydrogen (secondary N) is 1. The first-order valence-electron chi connectivity index (χ1n) is 8.35. The Kier molecular flexibility index (Phi) is 5.03. The number of hydrogen-bond donors (Lipinski definition) is 1. The van der Waals surface area contributed by atoms with Gasteiger partial charge in [-0.2, -0.15) is 0 Å². The minimum atomic E-state index is -0.627. The zero-order valence-corrected chi connectivity index (χ0v) is 13.7. The molecule has 0 aromatic carbocycles. The van der Waals surface area contributed by atoms with Crippen molar-refractivity contribution in [2.45, 2.75) is 44.7 Å². The topological polar surface area (TPSA) is 75.7 Å². The Morgan fingerprint density at radius 1 is 1.17 bits per heavy atom. The number of hydrogen-bond acceptors (Lipinski definition) is 4. The van der Waals surface area contributed by atoms with E-state index in [1.807, 2.05) is 17.0 Å². The van der Waals surface area contributed by atoms with E-state index in [-0.39, 0.29) is 23.6 Å². The molecule has 2 aromatic heterocycles. The standard InChI is InChI=1S/C18H22N2O4/c1-13(19-17(21)16-9-6-12-24-16)18(22)20-10-4-2-3-7-14(20)15-8-5-11-23-15/h5-6,8-9,11-14H,2-4,7,10H2,1H3,(H,19,21). The molecule has 2 atom stereocenters. The van der Waals surface area contributed by atoms with Crippen LogP contribution in [-0.4, -0.2) is 29.3 Å². The Balaban J connectivity index is 1.71. The first-order chi connectivity index (χ1) is 11.7. The van der Waals surface area contributed by atoms with Gasteiger partial charge in [0.2, 0.25) is 5.91 Å². The van der Waals surface area contributed by atoms with Crippen LogP contribution in [0.3, 0.4) is 0 Å². The molecule has 3 heterocycles. The summed E-state index contributed by atoms with van der Waals surface area (Å²) in [5.74, 6) is 0.520. The third-order valence-electron chi connectivity index (χ3n) is 4.37. The second-order valence-electron chi connectivity index (χ2n) is 6.08. The smallest absolute Gasteiger partial charge is 0.287 e. The third kappa shape index (κ3) is 3.53. The van der Waals surface area contributed by atoms with E-state index in [9.17, 15) is 9.59 Å². The van der Waals surface area contributed by atoms with Gasteiger partial charge in [0, 0.05) is 6.54 Å². The van der Waals surface area contributed by atoms with Gasteiger partial charge in [0.15, 0.2) is 5.76 Å². The molecule has 0 radical (unpaired) electrons. The van der Waals surface area contributed by atoms with E-state index in [1.165, 1.54) is 6.26 Å². The third-order valence-corrected chi connectivity index (χ3v) is 4.37. The summed E-state index contributed by atoms with van der Waals surface area (Å²) in [6.45, 7) is 2.37. The minimum absolute atomic E-state index is 0.0713. The van der Waals surface area contributed by atoms with Crippen molar-refractivity contribution in [3.63, 3.8) is 0 Å². The van der Waals surface area contributed by atoms with Gasteiger partial charge in [-0.1, -0.05) is 12.8 Å². The maximum absolute atomic E-state index is 12.9. The van der Waals surface area contributed by atoms with Crippen LogP contribution in [0.5, 0.6) is 0 Å². The highest BCUT2D eigenvalue weighted by molar-refractivity contribution is 5.95. The van der Waals surface area contributed by atoms with Gasteiger partial charge < -0.3 is 19.1 Å². The van der Waals surface area contributed by atoms with Crippen LogP contribution in [0.4, 0.5) is 0 Å². The van der Waals surface area contributed by atoms with Crippen LogP contribution in [0.1, 0.15) is 55.0 Å². The lowest BCUT2D eigenvalue weighted by Gasteiger charge is -2.31. The summed E-state index contributed by atoms with van der Waals surface area (Å²) in [4.78, 5) is 26.8. The van der Waals surface area contributed by atoms with Crippen LogP contribution in [0.2, 0.25) is 0 Å². The fraction of sp³-hybridized carbons (Fsp3) is 0.444. The van der Waals surface area contributed by atoms with Crippen LogP contribution < -0.4 is 5.32 Å². The molecule has 0 saturated carbocycles. The zero-order chi connectivity index (χ0) is 16.9. The Hall–Kier alpha value is -2.50. The molecule has 0 spiro atoms. The van der Waals surface area contributed by atoms with E-state index < -0.39 is 6.04 Å². The largest absolute Gasteiger partial charge is 0.467 e. The molecular formula is C18H22N2O4. The molecular weight excluding hydrogens is 308 g/mol. The van der Waals surface area contributed by atoms with Crippen molar-refractivity contribution in [3.8, 4) is 0 Å². The molecule has 24 heavy (non-hydrogen) atoms. The molecule has 0 bridgehead atoms. The molecule has 1 N–H and O–H groups in total. The van der Waals surface area contributed by atoms with Crippen molar-refractivity contribution in [3.05, 3.63) is 48.3 Å². The van der Waals surface area contributed by atoms with Crippen LogP contribution in [0.15, 0.2) is 45.6 Å². The Morgan fingerprint density at radius 3 is 2.67 bits per heavy atom. The van der Waals surface area contributed by atoms with E-state index in [0.717, 1.165) is 31.4 Å². The monoisotopic (exact) mass is 330 g/mol. The summed E-state index contributed by atoms with van der Waals surface area (Å²) in [5, 5.41) is 2.71. The number of carbonyl (C=O) groups is 2. The van der Waals surface area contributed by atoms with Gasteiger partial charge in [-0.05, 0) is 44.0 Å². The Labute approximate surface area is 140 Å². The summed E-state index contributed by atoms with van der Waals surface area (Å²) in [5.41, 5.74) is 0. The van der Waals surface area contributed by atoms with Crippen LogP contribution in [-0.2, 0) is 4.79 Å². The average molecular weight is 330 g/mol. The Morgan fingerprint density at radius 2 is 1.96 bits per heavy atom. The zero-order valence-electron chi connectivity index (χ0n) is 13.7. The van der Waals surface area contributed by atoms with Gasteiger partial charge in [-0.25, -0.2) is 0 Å². The lowest BCUT2D eigenvalue weighted by atomic mass is 10.1. The molecule has 3 rings (SSSR count). The van der Waals surface area contributed by atoms with Crippen molar-refractivity contribution >= 4 is 11.8 Å². The molecule has 1 fully saturated rings. The quantitative estimate of drug-likeness (QED) is 0.934.